The number of ether oxygens (including phenoxy) is 1. The van der Waals surface area contributed by atoms with Crippen molar-refractivity contribution in [3.8, 4) is 5.75 Å². The van der Waals surface area contributed by atoms with Crippen LogP contribution in [0, 0.1) is 0 Å². The topological polar surface area (TPSA) is 29.5 Å². The van der Waals surface area contributed by atoms with E-state index in [1.165, 1.54) is 0 Å². The number of hydrogen-bond donors (Lipinski definition) is 1. The van der Waals surface area contributed by atoms with Crippen LogP contribution < -0.4 is 4.74 Å². The zero-order valence-electron chi connectivity index (χ0n) is 10.3. The molecular formula is C15H11Br2ClO2. The van der Waals surface area contributed by atoms with Crippen molar-refractivity contribution in [2.45, 2.75) is 18.6 Å². The molecule has 0 aliphatic carbocycles. The van der Waals surface area contributed by atoms with Crippen molar-refractivity contribution >= 4 is 43.5 Å². The SMILES string of the molecule is O[C@@H]1CC(c2ccc(Cl)cc2Br)Oc2cc(Br)ccc21. The van der Waals surface area contributed by atoms with Crippen LogP contribution in [-0.2, 0) is 0 Å². The lowest BCUT2D eigenvalue weighted by Crippen LogP contribution is -2.19. The Hall–Kier alpha value is -0.550. The molecule has 1 aliphatic heterocycles. The normalized spacial score (nSPS) is 21.2. The van der Waals surface area contributed by atoms with Crippen LogP contribution in [0.4, 0.5) is 0 Å². The first-order valence-corrected chi connectivity index (χ1v) is 8.10. The summed E-state index contributed by atoms with van der Waals surface area (Å²) in [5, 5.41) is 11.0. The molecule has 2 atom stereocenters. The van der Waals surface area contributed by atoms with E-state index in [9.17, 15) is 5.11 Å². The van der Waals surface area contributed by atoms with E-state index < -0.39 is 6.10 Å². The van der Waals surface area contributed by atoms with Crippen molar-refractivity contribution < 1.29 is 9.84 Å². The summed E-state index contributed by atoms with van der Waals surface area (Å²) in [7, 11) is 0. The van der Waals surface area contributed by atoms with Gasteiger partial charge in [0.15, 0.2) is 0 Å². The van der Waals surface area contributed by atoms with Crippen molar-refractivity contribution in [1.82, 2.24) is 0 Å². The molecule has 0 fully saturated rings. The quantitative estimate of drug-likeness (QED) is 0.670. The summed E-state index contributed by atoms with van der Waals surface area (Å²) >= 11 is 12.9. The Labute approximate surface area is 139 Å². The van der Waals surface area contributed by atoms with Gasteiger partial charge < -0.3 is 9.84 Å². The number of benzene rings is 2. The van der Waals surface area contributed by atoms with Gasteiger partial charge in [0, 0.05) is 31.5 Å². The van der Waals surface area contributed by atoms with Gasteiger partial charge in [-0.2, -0.15) is 0 Å². The molecule has 1 heterocycles. The van der Waals surface area contributed by atoms with Crippen LogP contribution in [0.5, 0.6) is 5.75 Å². The molecule has 0 spiro atoms. The maximum Gasteiger partial charge on any atom is 0.128 e. The molecule has 2 aromatic rings. The molecule has 0 amide bonds. The van der Waals surface area contributed by atoms with E-state index in [2.05, 4.69) is 31.9 Å². The van der Waals surface area contributed by atoms with E-state index in [0.717, 1.165) is 20.1 Å². The van der Waals surface area contributed by atoms with Crippen LogP contribution in [0.1, 0.15) is 29.8 Å². The van der Waals surface area contributed by atoms with Crippen molar-refractivity contribution in [2.75, 3.05) is 0 Å². The van der Waals surface area contributed by atoms with Gasteiger partial charge in [-0.25, -0.2) is 0 Å². The van der Waals surface area contributed by atoms with Gasteiger partial charge in [-0.1, -0.05) is 55.6 Å². The molecule has 0 aromatic heterocycles. The minimum atomic E-state index is -0.528. The maximum atomic E-state index is 10.3. The van der Waals surface area contributed by atoms with E-state index in [-0.39, 0.29) is 6.10 Å². The van der Waals surface area contributed by atoms with Crippen LogP contribution in [0.25, 0.3) is 0 Å². The van der Waals surface area contributed by atoms with E-state index in [0.29, 0.717) is 17.2 Å². The van der Waals surface area contributed by atoms with E-state index in [1.807, 2.05) is 36.4 Å². The highest BCUT2D eigenvalue weighted by Gasteiger charge is 2.29. The third kappa shape index (κ3) is 2.75. The first-order valence-electron chi connectivity index (χ1n) is 6.13. The number of hydrogen-bond acceptors (Lipinski definition) is 2. The third-order valence-electron chi connectivity index (χ3n) is 3.35. The number of aliphatic hydroxyl groups excluding tert-OH is 1. The lowest BCUT2D eigenvalue weighted by molar-refractivity contribution is 0.0653. The second-order valence-corrected chi connectivity index (χ2v) is 6.91. The smallest absolute Gasteiger partial charge is 0.128 e. The Morgan fingerprint density at radius 2 is 1.85 bits per heavy atom. The molecule has 1 N–H and O–H groups in total. The Bertz CT molecular complexity index is 660. The van der Waals surface area contributed by atoms with Gasteiger partial charge in [-0.3, -0.25) is 0 Å². The minimum absolute atomic E-state index is 0.196. The second kappa shape index (κ2) is 5.68. The third-order valence-corrected chi connectivity index (χ3v) is 4.77. The zero-order valence-corrected chi connectivity index (χ0v) is 14.2. The molecule has 1 unspecified atom stereocenters. The molecule has 2 aromatic carbocycles. The van der Waals surface area contributed by atoms with Gasteiger partial charge in [-0.05, 0) is 24.3 Å². The largest absolute Gasteiger partial charge is 0.485 e. The number of fused-ring (bicyclic) bond motifs is 1. The highest BCUT2D eigenvalue weighted by Crippen LogP contribution is 2.43. The van der Waals surface area contributed by atoms with E-state index in [4.69, 9.17) is 16.3 Å². The van der Waals surface area contributed by atoms with Crippen LogP contribution >= 0.6 is 43.5 Å². The summed E-state index contributed by atoms with van der Waals surface area (Å²) in [6.07, 6.45) is -0.202. The highest BCUT2D eigenvalue weighted by atomic mass is 79.9. The molecule has 20 heavy (non-hydrogen) atoms. The van der Waals surface area contributed by atoms with Crippen LogP contribution in [0.15, 0.2) is 45.3 Å². The van der Waals surface area contributed by atoms with E-state index >= 15 is 0 Å². The summed E-state index contributed by atoms with van der Waals surface area (Å²) in [5.41, 5.74) is 1.81. The first-order chi connectivity index (χ1) is 9.54. The molecule has 0 radical (unpaired) electrons. The predicted octanol–water partition coefficient (Wildman–Crippen LogP) is 5.42. The van der Waals surface area contributed by atoms with Crippen molar-refractivity contribution in [1.29, 1.82) is 0 Å². The molecule has 3 rings (SSSR count). The summed E-state index contributed by atoms with van der Waals surface area (Å²) in [6.45, 7) is 0. The van der Waals surface area contributed by atoms with Gasteiger partial charge in [0.2, 0.25) is 0 Å². The maximum absolute atomic E-state index is 10.3. The molecule has 0 saturated carbocycles. The average Bonchev–Trinajstić information content (AvgIpc) is 2.37. The Balaban J connectivity index is 1.98. The van der Waals surface area contributed by atoms with Gasteiger partial charge in [0.25, 0.3) is 0 Å². The van der Waals surface area contributed by atoms with Crippen molar-refractivity contribution in [2.24, 2.45) is 0 Å². The second-order valence-electron chi connectivity index (χ2n) is 4.71. The molecule has 104 valence electrons. The molecule has 0 bridgehead atoms. The molecule has 5 heteroatoms. The Morgan fingerprint density at radius 3 is 2.60 bits per heavy atom. The van der Waals surface area contributed by atoms with Gasteiger partial charge >= 0.3 is 0 Å². The Morgan fingerprint density at radius 1 is 1.10 bits per heavy atom. The van der Waals surface area contributed by atoms with Gasteiger partial charge in [0.1, 0.15) is 11.9 Å². The summed E-state index contributed by atoms with van der Waals surface area (Å²) < 4.78 is 7.85. The van der Waals surface area contributed by atoms with Crippen molar-refractivity contribution in [3.63, 3.8) is 0 Å². The van der Waals surface area contributed by atoms with Crippen LogP contribution in [-0.4, -0.2) is 5.11 Å². The highest BCUT2D eigenvalue weighted by molar-refractivity contribution is 9.10. The number of rotatable bonds is 1. The summed E-state index contributed by atoms with van der Waals surface area (Å²) in [6, 6.07) is 11.3. The standard InChI is InChI=1S/C15H11Br2ClO2/c16-8-1-3-11-13(19)7-15(20-14(11)5-8)10-4-2-9(18)6-12(10)17/h1-6,13,15,19H,7H2/t13-,15?/m1/s1. The molecular weight excluding hydrogens is 407 g/mol. The fraction of sp³-hybridized carbons (Fsp3) is 0.200. The number of aliphatic hydroxyl groups is 1. The lowest BCUT2D eigenvalue weighted by atomic mass is 9.95. The summed E-state index contributed by atoms with van der Waals surface area (Å²) in [4.78, 5) is 0. The first kappa shape index (κ1) is 14.4. The zero-order chi connectivity index (χ0) is 14.3. The van der Waals surface area contributed by atoms with Gasteiger partial charge in [-0.15, -0.1) is 0 Å². The average molecular weight is 419 g/mol. The fourth-order valence-corrected chi connectivity index (χ4v) is 3.65. The molecule has 2 nitrogen and oxygen atoms in total. The van der Waals surface area contributed by atoms with Crippen LogP contribution in [0.3, 0.4) is 0 Å². The molecule has 1 aliphatic rings. The lowest BCUT2D eigenvalue weighted by Gasteiger charge is -2.30. The van der Waals surface area contributed by atoms with Crippen LogP contribution in [0.2, 0.25) is 5.02 Å². The fourth-order valence-electron chi connectivity index (χ4n) is 2.37. The minimum Gasteiger partial charge on any atom is -0.485 e. The monoisotopic (exact) mass is 416 g/mol. The number of halogens is 3. The predicted molar refractivity (Wildman–Crippen MR) is 86.2 cm³/mol. The van der Waals surface area contributed by atoms with E-state index in [1.54, 1.807) is 0 Å². The van der Waals surface area contributed by atoms with Gasteiger partial charge in [0.05, 0.1) is 6.10 Å². The molecule has 0 saturated heterocycles. The Kier molecular flexibility index (Phi) is 4.09. The summed E-state index contributed by atoms with van der Waals surface area (Å²) in [5.74, 6) is 0.713. The van der Waals surface area contributed by atoms with Crippen molar-refractivity contribution in [3.05, 3.63) is 61.5 Å².